The van der Waals surface area contributed by atoms with Gasteiger partial charge in [-0.25, -0.2) is 0 Å². The maximum Gasteiger partial charge on any atom is 0.273 e. The third kappa shape index (κ3) is 4.68. The Morgan fingerprint density at radius 2 is 1.87 bits per heavy atom. The Kier molecular flexibility index (Phi) is 6.51. The molecule has 3 rings (SSSR count). The average Bonchev–Trinajstić information content (AvgIpc) is 2.78. The number of carbonyl (C=O) groups is 1. The van der Waals surface area contributed by atoms with Crippen molar-refractivity contribution in [3.8, 4) is 11.5 Å². The van der Waals surface area contributed by atoms with Crippen LogP contribution in [0.2, 0.25) is 0 Å². The summed E-state index contributed by atoms with van der Waals surface area (Å²) >= 11 is 0. The standard InChI is InChI=1S/C21H24N4O5/c1-3-20(26)24-10-8-23(9-11-24)17-6-4-16(5-7-17)22-14-15-12-18(25(28)29)13-19(30-2)21(15)27/h4-7,12-14,27H,3,8-11H2,1-2H3/p-1. The number of aliphatic imine (C=N–C) groups is 1. The van der Waals surface area contributed by atoms with Crippen LogP contribution in [0.5, 0.6) is 11.5 Å². The number of nitro benzene ring substituents is 1. The highest BCUT2D eigenvalue weighted by atomic mass is 16.6. The van der Waals surface area contributed by atoms with Crippen LogP contribution >= 0.6 is 0 Å². The van der Waals surface area contributed by atoms with Crippen molar-refractivity contribution >= 4 is 29.2 Å². The fraction of sp³-hybridized carbons (Fsp3) is 0.333. The topological polar surface area (TPSA) is 111 Å². The maximum atomic E-state index is 12.3. The van der Waals surface area contributed by atoms with E-state index in [-0.39, 0.29) is 22.9 Å². The second kappa shape index (κ2) is 9.25. The highest BCUT2D eigenvalue weighted by Gasteiger charge is 2.20. The Hall–Kier alpha value is -3.62. The van der Waals surface area contributed by atoms with Gasteiger partial charge in [0.25, 0.3) is 5.69 Å². The Balaban J connectivity index is 1.71. The second-order valence-electron chi connectivity index (χ2n) is 6.82. The third-order valence-electron chi connectivity index (χ3n) is 5.00. The zero-order chi connectivity index (χ0) is 21.7. The molecule has 2 aromatic rings. The van der Waals surface area contributed by atoms with Crippen molar-refractivity contribution in [2.24, 2.45) is 4.99 Å². The molecule has 2 aromatic carbocycles. The molecule has 9 heteroatoms. The molecule has 0 aliphatic carbocycles. The van der Waals surface area contributed by atoms with Gasteiger partial charge in [-0.3, -0.25) is 19.9 Å². The lowest BCUT2D eigenvalue weighted by atomic mass is 10.1. The van der Waals surface area contributed by atoms with Gasteiger partial charge in [-0.15, -0.1) is 0 Å². The summed E-state index contributed by atoms with van der Waals surface area (Å²) in [6.07, 6.45) is 1.83. The minimum Gasteiger partial charge on any atom is -0.870 e. The van der Waals surface area contributed by atoms with E-state index in [0.29, 0.717) is 25.2 Å². The van der Waals surface area contributed by atoms with Gasteiger partial charge in [-0.05, 0) is 29.8 Å². The molecule has 0 spiro atoms. The number of non-ortho nitro benzene ring substituents is 1. The number of nitro groups is 1. The highest BCUT2D eigenvalue weighted by Crippen LogP contribution is 2.32. The summed E-state index contributed by atoms with van der Waals surface area (Å²) in [7, 11) is 1.29. The van der Waals surface area contributed by atoms with Crippen LogP contribution in [-0.2, 0) is 4.79 Å². The van der Waals surface area contributed by atoms with E-state index < -0.39 is 10.7 Å². The number of carbonyl (C=O) groups excluding carboxylic acids is 1. The van der Waals surface area contributed by atoms with Gasteiger partial charge in [0.15, 0.2) is 0 Å². The lowest BCUT2D eigenvalue weighted by Crippen LogP contribution is -2.48. The summed E-state index contributed by atoms with van der Waals surface area (Å²) in [4.78, 5) is 30.6. The molecular weight excluding hydrogens is 388 g/mol. The lowest BCUT2D eigenvalue weighted by Gasteiger charge is -2.36. The van der Waals surface area contributed by atoms with E-state index in [9.17, 15) is 20.0 Å². The molecule has 0 bridgehead atoms. The highest BCUT2D eigenvalue weighted by molar-refractivity contribution is 5.87. The predicted molar refractivity (Wildman–Crippen MR) is 112 cm³/mol. The van der Waals surface area contributed by atoms with E-state index in [0.717, 1.165) is 24.8 Å². The van der Waals surface area contributed by atoms with Gasteiger partial charge in [0.05, 0.1) is 23.8 Å². The van der Waals surface area contributed by atoms with Crippen molar-refractivity contribution in [1.29, 1.82) is 0 Å². The number of hydrogen-bond donors (Lipinski definition) is 0. The molecule has 158 valence electrons. The number of ether oxygens (including phenoxy) is 1. The zero-order valence-electron chi connectivity index (χ0n) is 16.9. The van der Waals surface area contributed by atoms with Crippen molar-refractivity contribution < 1.29 is 19.6 Å². The first kappa shape index (κ1) is 21.1. The molecule has 0 radical (unpaired) electrons. The molecule has 1 fully saturated rings. The van der Waals surface area contributed by atoms with E-state index >= 15 is 0 Å². The molecule has 1 aliphatic heterocycles. The summed E-state index contributed by atoms with van der Waals surface area (Å²) in [6, 6.07) is 9.76. The number of methoxy groups -OCH3 is 1. The fourth-order valence-corrected chi connectivity index (χ4v) is 3.29. The monoisotopic (exact) mass is 411 g/mol. The zero-order valence-corrected chi connectivity index (χ0v) is 16.9. The number of hydrogen-bond acceptors (Lipinski definition) is 7. The number of piperazine rings is 1. The van der Waals surface area contributed by atoms with E-state index in [4.69, 9.17) is 4.74 Å². The Morgan fingerprint density at radius 3 is 2.43 bits per heavy atom. The fourth-order valence-electron chi connectivity index (χ4n) is 3.29. The van der Waals surface area contributed by atoms with Crippen molar-refractivity contribution in [3.63, 3.8) is 0 Å². The summed E-state index contributed by atoms with van der Waals surface area (Å²) in [5.41, 5.74) is 1.49. The van der Waals surface area contributed by atoms with Crippen LogP contribution in [0.3, 0.4) is 0 Å². The molecule has 0 saturated carbocycles. The second-order valence-corrected chi connectivity index (χ2v) is 6.82. The number of anilines is 1. The van der Waals surface area contributed by atoms with Crippen LogP contribution in [0.15, 0.2) is 41.4 Å². The van der Waals surface area contributed by atoms with E-state index in [1.165, 1.54) is 19.4 Å². The van der Waals surface area contributed by atoms with Gasteiger partial charge in [-0.1, -0.05) is 12.7 Å². The van der Waals surface area contributed by atoms with Crippen molar-refractivity contribution in [2.75, 3.05) is 38.2 Å². The van der Waals surface area contributed by atoms with Gasteiger partial charge in [0.2, 0.25) is 5.91 Å². The first-order valence-electron chi connectivity index (χ1n) is 9.63. The van der Waals surface area contributed by atoms with Gasteiger partial charge in [0.1, 0.15) is 5.75 Å². The molecule has 0 atom stereocenters. The smallest absolute Gasteiger partial charge is 0.273 e. The molecule has 0 unspecified atom stereocenters. The average molecular weight is 411 g/mol. The minimum absolute atomic E-state index is 0.0850. The Labute approximate surface area is 174 Å². The molecule has 1 aliphatic rings. The van der Waals surface area contributed by atoms with Gasteiger partial charge in [0, 0.05) is 50.6 Å². The summed E-state index contributed by atoms with van der Waals surface area (Å²) in [6.45, 7) is 4.80. The number of amides is 1. The van der Waals surface area contributed by atoms with Crippen LogP contribution < -0.4 is 14.7 Å². The quantitative estimate of drug-likeness (QED) is 0.410. The third-order valence-corrected chi connectivity index (χ3v) is 5.00. The number of benzene rings is 2. The lowest BCUT2D eigenvalue weighted by molar-refractivity contribution is -0.385. The summed E-state index contributed by atoms with van der Waals surface area (Å²) in [5, 5.41) is 23.3. The molecular formula is C21H23N4O5-. The van der Waals surface area contributed by atoms with Gasteiger partial charge < -0.3 is 19.6 Å². The molecule has 1 heterocycles. The van der Waals surface area contributed by atoms with E-state index in [1.54, 1.807) is 0 Å². The van der Waals surface area contributed by atoms with E-state index in [2.05, 4.69) is 9.89 Å². The van der Waals surface area contributed by atoms with Crippen LogP contribution in [0.25, 0.3) is 0 Å². The van der Waals surface area contributed by atoms with Crippen LogP contribution in [0, 0.1) is 10.1 Å². The number of rotatable bonds is 6. The van der Waals surface area contributed by atoms with Crippen LogP contribution in [0.4, 0.5) is 17.1 Å². The summed E-state index contributed by atoms with van der Waals surface area (Å²) < 4.78 is 4.93. The molecule has 0 N–H and O–H groups in total. The van der Waals surface area contributed by atoms with Crippen molar-refractivity contribution in [2.45, 2.75) is 13.3 Å². The van der Waals surface area contributed by atoms with E-state index in [1.807, 2.05) is 36.1 Å². The maximum absolute atomic E-state index is 12.3. The molecule has 9 nitrogen and oxygen atoms in total. The molecule has 1 saturated heterocycles. The van der Waals surface area contributed by atoms with Crippen molar-refractivity contribution in [1.82, 2.24) is 4.90 Å². The number of nitrogens with zero attached hydrogens (tertiary/aromatic N) is 4. The summed E-state index contributed by atoms with van der Waals surface area (Å²) in [5.74, 6) is -0.375. The molecule has 1 amide bonds. The molecule has 0 aromatic heterocycles. The van der Waals surface area contributed by atoms with Crippen LogP contribution in [0.1, 0.15) is 18.9 Å². The first-order chi connectivity index (χ1) is 14.4. The van der Waals surface area contributed by atoms with Crippen LogP contribution in [-0.4, -0.2) is 55.2 Å². The Bertz CT molecular complexity index is 951. The van der Waals surface area contributed by atoms with Gasteiger partial charge in [-0.2, -0.15) is 0 Å². The Morgan fingerprint density at radius 1 is 1.20 bits per heavy atom. The normalized spacial score (nSPS) is 14.2. The van der Waals surface area contributed by atoms with Crippen molar-refractivity contribution in [3.05, 3.63) is 52.1 Å². The minimum atomic E-state index is -0.581. The van der Waals surface area contributed by atoms with Gasteiger partial charge >= 0.3 is 0 Å². The SMILES string of the molecule is CCC(=O)N1CCN(c2ccc(N=Cc3cc([N+](=O)[O-])cc(OC)c3[O-])cc2)CC1. The largest absolute Gasteiger partial charge is 0.870 e. The molecule has 30 heavy (non-hydrogen) atoms. The predicted octanol–water partition coefficient (Wildman–Crippen LogP) is 2.49. The first-order valence-corrected chi connectivity index (χ1v) is 9.63.